The van der Waals surface area contributed by atoms with Crippen molar-refractivity contribution in [3.8, 4) is 0 Å². The van der Waals surface area contributed by atoms with Crippen LogP contribution in [0.2, 0.25) is 0 Å². The van der Waals surface area contributed by atoms with Crippen LogP contribution < -0.4 is 0 Å². The molecule has 0 unspecified atom stereocenters. The molecule has 0 atom stereocenters. The first-order valence-corrected chi connectivity index (χ1v) is 2.26. The number of benzene rings is 1. The minimum atomic E-state index is 0. The van der Waals surface area contributed by atoms with Gasteiger partial charge in [-0.15, -0.1) is 12.1 Å². The standard InChI is InChI=1S/C7H7.Re/c1-7-5-3-2-4-6-7;/h2-6H,1H2;/q-1;. The summed E-state index contributed by atoms with van der Waals surface area (Å²) in [4.78, 5) is 0. The van der Waals surface area contributed by atoms with E-state index in [9.17, 15) is 0 Å². The van der Waals surface area contributed by atoms with Gasteiger partial charge in [0.2, 0.25) is 0 Å². The molecule has 0 saturated heterocycles. The monoisotopic (exact) mass is 278 g/mol. The zero-order valence-corrected chi connectivity index (χ0v) is 7.19. The van der Waals surface area contributed by atoms with Gasteiger partial charge in [-0.05, 0) is 0 Å². The predicted octanol–water partition coefficient (Wildman–Crippen LogP) is 1.87. The molecule has 0 aliphatic carbocycles. The van der Waals surface area contributed by atoms with E-state index >= 15 is 0 Å². The first-order chi connectivity index (χ1) is 3.39. The fraction of sp³-hybridized carbons (Fsp3) is 0. The molecule has 43 valence electrons. The second kappa shape index (κ2) is 3.72. The molecule has 0 aromatic heterocycles. The second-order valence-corrected chi connectivity index (χ2v) is 1.49. The van der Waals surface area contributed by atoms with E-state index < -0.39 is 0 Å². The number of rotatable bonds is 0. The normalized spacial score (nSPS) is 7.50. The van der Waals surface area contributed by atoms with E-state index in [0.717, 1.165) is 5.56 Å². The topological polar surface area (TPSA) is 0 Å². The van der Waals surface area contributed by atoms with Crippen LogP contribution in [-0.2, 0) is 20.4 Å². The molecule has 1 aromatic carbocycles. The van der Waals surface area contributed by atoms with Crippen molar-refractivity contribution in [3.63, 3.8) is 0 Å². The summed E-state index contributed by atoms with van der Waals surface area (Å²) in [5.74, 6) is 0. The van der Waals surface area contributed by atoms with Crippen LogP contribution in [0.25, 0.3) is 0 Å². The van der Waals surface area contributed by atoms with E-state index in [1.807, 2.05) is 30.3 Å². The van der Waals surface area contributed by atoms with E-state index in [-0.39, 0.29) is 20.4 Å². The van der Waals surface area contributed by atoms with Gasteiger partial charge in [0.25, 0.3) is 0 Å². The van der Waals surface area contributed by atoms with Crippen molar-refractivity contribution in [3.05, 3.63) is 42.8 Å². The SMILES string of the molecule is [CH2-]c1ccccc1.[Re]. The molecule has 0 N–H and O–H groups in total. The summed E-state index contributed by atoms with van der Waals surface area (Å²) >= 11 is 0. The maximum absolute atomic E-state index is 3.72. The second-order valence-electron chi connectivity index (χ2n) is 1.49. The zero-order valence-electron chi connectivity index (χ0n) is 4.47. The molecular formula is C7H7Re-. The average molecular weight is 277 g/mol. The molecule has 0 saturated carbocycles. The molecule has 1 aromatic rings. The van der Waals surface area contributed by atoms with Gasteiger partial charge in [-0.25, -0.2) is 0 Å². The van der Waals surface area contributed by atoms with Crippen LogP contribution in [-0.4, -0.2) is 0 Å². The number of hydrogen-bond donors (Lipinski definition) is 0. The van der Waals surface area contributed by atoms with Crippen molar-refractivity contribution in [1.82, 2.24) is 0 Å². The first kappa shape index (κ1) is 7.75. The van der Waals surface area contributed by atoms with Crippen molar-refractivity contribution >= 4 is 0 Å². The summed E-state index contributed by atoms with van der Waals surface area (Å²) < 4.78 is 0. The van der Waals surface area contributed by atoms with Crippen LogP contribution in [0.4, 0.5) is 0 Å². The smallest absolute Gasteiger partial charge is 0 e. The van der Waals surface area contributed by atoms with Crippen molar-refractivity contribution in [1.29, 1.82) is 0 Å². The van der Waals surface area contributed by atoms with E-state index in [1.54, 1.807) is 0 Å². The van der Waals surface area contributed by atoms with Gasteiger partial charge in [0.05, 0.1) is 0 Å². The molecule has 0 nitrogen and oxygen atoms in total. The molecule has 1 radical (unpaired) electrons. The summed E-state index contributed by atoms with van der Waals surface area (Å²) in [6.07, 6.45) is 0. The largest absolute Gasteiger partial charge is 0.199 e. The molecule has 0 aliphatic heterocycles. The third kappa shape index (κ3) is 2.16. The Morgan fingerprint density at radius 3 is 1.75 bits per heavy atom. The minimum Gasteiger partial charge on any atom is -0.199 e. The maximum atomic E-state index is 3.72. The predicted molar refractivity (Wildman–Crippen MR) is 30.9 cm³/mol. The van der Waals surface area contributed by atoms with Crippen LogP contribution in [0.5, 0.6) is 0 Å². The molecule has 0 fully saturated rings. The minimum absolute atomic E-state index is 0. The zero-order chi connectivity index (χ0) is 5.11. The van der Waals surface area contributed by atoms with Crippen LogP contribution in [0.1, 0.15) is 5.56 Å². The summed E-state index contributed by atoms with van der Waals surface area (Å²) in [6, 6.07) is 9.87. The third-order valence-electron chi connectivity index (χ3n) is 0.843. The van der Waals surface area contributed by atoms with E-state index in [0.29, 0.717) is 0 Å². The molecule has 0 amide bonds. The van der Waals surface area contributed by atoms with Gasteiger partial charge in [0, 0.05) is 20.4 Å². The Morgan fingerprint density at radius 2 is 1.50 bits per heavy atom. The van der Waals surface area contributed by atoms with Crippen molar-refractivity contribution in [2.45, 2.75) is 0 Å². The van der Waals surface area contributed by atoms with Gasteiger partial charge in [0.15, 0.2) is 0 Å². The van der Waals surface area contributed by atoms with E-state index in [4.69, 9.17) is 0 Å². The quantitative estimate of drug-likeness (QED) is 0.635. The Hall–Kier alpha value is -0.248. The third-order valence-corrected chi connectivity index (χ3v) is 0.843. The molecule has 0 spiro atoms. The molecular weight excluding hydrogens is 270 g/mol. The van der Waals surface area contributed by atoms with Gasteiger partial charge < -0.3 is 0 Å². The fourth-order valence-corrected chi connectivity index (χ4v) is 0.478. The molecule has 0 heterocycles. The van der Waals surface area contributed by atoms with Gasteiger partial charge in [-0.3, -0.25) is 0 Å². The van der Waals surface area contributed by atoms with E-state index in [2.05, 4.69) is 6.92 Å². The van der Waals surface area contributed by atoms with Crippen LogP contribution in [0, 0.1) is 6.92 Å². The maximum Gasteiger partial charge on any atom is 0 e. The molecule has 1 rings (SSSR count). The Labute approximate surface area is 63.6 Å². The van der Waals surface area contributed by atoms with Crippen LogP contribution in [0.15, 0.2) is 30.3 Å². The van der Waals surface area contributed by atoms with Crippen LogP contribution >= 0.6 is 0 Å². The van der Waals surface area contributed by atoms with Gasteiger partial charge in [-0.2, -0.15) is 24.6 Å². The summed E-state index contributed by atoms with van der Waals surface area (Å²) in [5.41, 5.74) is 1.07. The number of hydrogen-bond acceptors (Lipinski definition) is 0. The Kier molecular flexibility index (Phi) is 3.60. The van der Waals surface area contributed by atoms with Crippen molar-refractivity contribution < 1.29 is 20.4 Å². The Balaban J connectivity index is 0.000000490. The molecule has 0 bridgehead atoms. The molecule has 1 heteroatoms. The first-order valence-electron chi connectivity index (χ1n) is 2.26. The van der Waals surface area contributed by atoms with Gasteiger partial charge >= 0.3 is 0 Å². The summed E-state index contributed by atoms with van der Waals surface area (Å²) in [7, 11) is 0. The van der Waals surface area contributed by atoms with Gasteiger partial charge in [0.1, 0.15) is 0 Å². The summed E-state index contributed by atoms with van der Waals surface area (Å²) in [5, 5.41) is 0. The Morgan fingerprint density at radius 1 is 1.00 bits per heavy atom. The van der Waals surface area contributed by atoms with Gasteiger partial charge in [-0.1, -0.05) is 6.07 Å². The Bertz CT molecular complexity index is 134. The van der Waals surface area contributed by atoms with E-state index in [1.165, 1.54) is 0 Å². The van der Waals surface area contributed by atoms with Crippen molar-refractivity contribution in [2.75, 3.05) is 0 Å². The van der Waals surface area contributed by atoms with Crippen LogP contribution in [0.3, 0.4) is 0 Å². The average Bonchev–Trinajstić information content (AvgIpc) is 1.69. The molecule has 0 aliphatic rings. The molecule has 8 heavy (non-hydrogen) atoms. The van der Waals surface area contributed by atoms with Crippen molar-refractivity contribution in [2.24, 2.45) is 0 Å². The fourth-order valence-electron chi connectivity index (χ4n) is 0.478. The summed E-state index contributed by atoms with van der Waals surface area (Å²) in [6.45, 7) is 3.72.